The zero-order chi connectivity index (χ0) is 15.4. The monoisotopic (exact) mass is 307 g/mol. The fourth-order valence-electron chi connectivity index (χ4n) is 1.73. The van der Waals surface area contributed by atoms with E-state index < -0.39 is 0 Å². The molecule has 21 heavy (non-hydrogen) atoms. The van der Waals surface area contributed by atoms with Gasteiger partial charge in [0.25, 0.3) is 5.91 Å². The molecule has 0 aromatic heterocycles. The van der Waals surface area contributed by atoms with Gasteiger partial charge in [-0.15, -0.1) is 0 Å². The van der Waals surface area contributed by atoms with Gasteiger partial charge in [-0.05, 0) is 49.2 Å². The average molecular weight is 308 g/mol. The van der Waals surface area contributed by atoms with Gasteiger partial charge in [0.15, 0.2) is 6.61 Å². The lowest BCUT2D eigenvalue weighted by Crippen LogP contribution is -2.20. The zero-order valence-corrected chi connectivity index (χ0v) is 12.5. The average Bonchev–Trinajstić information content (AvgIpc) is 2.44. The highest BCUT2D eigenvalue weighted by Crippen LogP contribution is 2.25. The van der Waals surface area contributed by atoms with Crippen LogP contribution in [0.3, 0.4) is 0 Å². The van der Waals surface area contributed by atoms with Gasteiger partial charge in [-0.3, -0.25) is 4.79 Å². The normalized spacial score (nSPS) is 10.3. The quantitative estimate of drug-likeness (QED) is 0.923. The maximum absolute atomic E-state index is 13.4. The lowest BCUT2D eigenvalue weighted by Gasteiger charge is -2.10. The predicted octanol–water partition coefficient (Wildman–Crippen LogP) is 4.11. The number of halogens is 2. The molecule has 0 saturated carbocycles. The van der Waals surface area contributed by atoms with Crippen molar-refractivity contribution in [2.24, 2.45) is 0 Å². The van der Waals surface area contributed by atoms with Crippen molar-refractivity contribution in [3.63, 3.8) is 0 Å². The summed E-state index contributed by atoms with van der Waals surface area (Å²) in [6.45, 7) is 3.36. The van der Waals surface area contributed by atoms with Crippen LogP contribution in [0.4, 0.5) is 10.1 Å². The number of carbonyl (C=O) groups excluding carboxylic acids is 1. The Morgan fingerprint density at radius 2 is 2.00 bits per heavy atom. The number of carbonyl (C=O) groups is 1. The van der Waals surface area contributed by atoms with Crippen molar-refractivity contribution in [1.29, 1.82) is 0 Å². The molecule has 1 amide bonds. The van der Waals surface area contributed by atoms with Crippen LogP contribution in [0.2, 0.25) is 5.02 Å². The molecule has 2 aromatic rings. The summed E-state index contributed by atoms with van der Waals surface area (Å²) in [7, 11) is 0. The Bertz CT molecular complexity index is 673. The summed E-state index contributed by atoms with van der Waals surface area (Å²) in [4.78, 5) is 11.8. The molecule has 0 spiro atoms. The molecule has 0 unspecified atom stereocenters. The first-order valence-corrected chi connectivity index (χ1v) is 6.78. The van der Waals surface area contributed by atoms with Crippen molar-refractivity contribution >= 4 is 23.2 Å². The molecule has 5 heteroatoms. The Labute approximate surface area is 127 Å². The van der Waals surface area contributed by atoms with Crippen LogP contribution < -0.4 is 10.1 Å². The van der Waals surface area contributed by atoms with Crippen LogP contribution in [0.1, 0.15) is 11.1 Å². The Hall–Kier alpha value is -2.07. The first kappa shape index (κ1) is 15.3. The molecular weight excluding hydrogens is 293 g/mol. The second-order valence-corrected chi connectivity index (χ2v) is 5.14. The van der Waals surface area contributed by atoms with Crippen molar-refractivity contribution in [2.45, 2.75) is 13.8 Å². The first-order valence-electron chi connectivity index (χ1n) is 6.40. The highest BCUT2D eigenvalue weighted by atomic mass is 35.5. The number of anilines is 1. The maximum Gasteiger partial charge on any atom is 0.262 e. The van der Waals surface area contributed by atoms with E-state index in [0.717, 1.165) is 5.56 Å². The molecule has 1 N–H and O–H groups in total. The molecule has 0 aliphatic carbocycles. The lowest BCUT2D eigenvalue weighted by atomic mass is 10.2. The van der Waals surface area contributed by atoms with E-state index in [2.05, 4.69) is 5.32 Å². The van der Waals surface area contributed by atoms with Gasteiger partial charge < -0.3 is 10.1 Å². The molecule has 0 bridgehead atoms. The molecule has 0 aliphatic heterocycles. The van der Waals surface area contributed by atoms with Gasteiger partial charge in [-0.1, -0.05) is 23.7 Å². The van der Waals surface area contributed by atoms with Crippen molar-refractivity contribution in [2.75, 3.05) is 11.9 Å². The number of ether oxygens (including phenoxy) is 1. The number of benzene rings is 2. The maximum atomic E-state index is 13.4. The van der Waals surface area contributed by atoms with E-state index in [1.54, 1.807) is 31.2 Å². The summed E-state index contributed by atoms with van der Waals surface area (Å²) in [6, 6.07) is 9.82. The third kappa shape index (κ3) is 4.20. The number of rotatable bonds is 4. The standard InChI is InChI=1S/C16H15ClFNO2/c1-10-3-6-13(17)15(7-10)21-9-16(20)19-12-5-4-11(2)14(18)8-12/h3-8H,9H2,1-2H3,(H,19,20). The SMILES string of the molecule is Cc1ccc(Cl)c(OCC(=O)Nc2ccc(C)c(F)c2)c1. The van der Waals surface area contributed by atoms with Crippen molar-refractivity contribution in [3.05, 3.63) is 58.4 Å². The Morgan fingerprint density at radius 3 is 2.71 bits per heavy atom. The molecule has 0 fully saturated rings. The van der Waals surface area contributed by atoms with Gasteiger partial charge in [0.2, 0.25) is 0 Å². The van der Waals surface area contributed by atoms with E-state index in [4.69, 9.17) is 16.3 Å². The van der Waals surface area contributed by atoms with Crippen LogP contribution in [0.25, 0.3) is 0 Å². The summed E-state index contributed by atoms with van der Waals surface area (Å²) in [5.74, 6) is -0.298. The molecule has 2 rings (SSSR count). The molecule has 2 aromatic carbocycles. The van der Waals surface area contributed by atoms with Crippen LogP contribution in [0.5, 0.6) is 5.75 Å². The Morgan fingerprint density at radius 1 is 1.24 bits per heavy atom. The van der Waals surface area contributed by atoms with Crippen LogP contribution >= 0.6 is 11.6 Å². The molecule has 110 valence electrons. The third-order valence-electron chi connectivity index (χ3n) is 2.90. The van der Waals surface area contributed by atoms with E-state index in [9.17, 15) is 9.18 Å². The van der Waals surface area contributed by atoms with Crippen LogP contribution in [0, 0.1) is 19.7 Å². The summed E-state index contributed by atoms with van der Waals surface area (Å²) < 4.78 is 18.7. The summed E-state index contributed by atoms with van der Waals surface area (Å²) >= 11 is 5.97. The van der Waals surface area contributed by atoms with E-state index >= 15 is 0 Å². The van der Waals surface area contributed by atoms with Gasteiger partial charge in [0.05, 0.1) is 5.02 Å². The highest BCUT2D eigenvalue weighted by molar-refractivity contribution is 6.32. The van der Waals surface area contributed by atoms with Crippen molar-refractivity contribution < 1.29 is 13.9 Å². The smallest absolute Gasteiger partial charge is 0.262 e. The number of amides is 1. The van der Waals surface area contributed by atoms with Gasteiger partial charge in [-0.25, -0.2) is 4.39 Å². The fourth-order valence-corrected chi connectivity index (χ4v) is 1.90. The molecule has 0 aliphatic rings. The molecule has 0 radical (unpaired) electrons. The molecule has 3 nitrogen and oxygen atoms in total. The van der Waals surface area contributed by atoms with Crippen LogP contribution in [-0.4, -0.2) is 12.5 Å². The van der Waals surface area contributed by atoms with Crippen molar-refractivity contribution in [1.82, 2.24) is 0 Å². The molecule has 0 atom stereocenters. The molecule has 0 saturated heterocycles. The molecule has 0 heterocycles. The second-order valence-electron chi connectivity index (χ2n) is 4.73. The van der Waals surface area contributed by atoms with E-state index in [1.165, 1.54) is 6.07 Å². The topological polar surface area (TPSA) is 38.3 Å². The minimum atomic E-state index is -0.379. The van der Waals surface area contributed by atoms with Crippen LogP contribution in [0.15, 0.2) is 36.4 Å². The zero-order valence-electron chi connectivity index (χ0n) is 11.7. The van der Waals surface area contributed by atoms with Crippen molar-refractivity contribution in [3.8, 4) is 5.75 Å². The van der Waals surface area contributed by atoms with Gasteiger partial charge >= 0.3 is 0 Å². The fraction of sp³-hybridized carbons (Fsp3) is 0.188. The second kappa shape index (κ2) is 6.59. The van der Waals surface area contributed by atoms with E-state index in [-0.39, 0.29) is 18.3 Å². The van der Waals surface area contributed by atoms with Gasteiger partial charge in [0, 0.05) is 5.69 Å². The molecular formula is C16H15ClFNO2. The highest BCUT2D eigenvalue weighted by Gasteiger charge is 2.08. The number of aryl methyl sites for hydroxylation is 2. The summed E-state index contributed by atoms with van der Waals surface area (Å²) in [6.07, 6.45) is 0. The summed E-state index contributed by atoms with van der Waals surface area (Å²) in [5.41, 5.74) is 1.90. The minimum absolute atomic E-state index is 0.196. The van der Waals surface area contributed by atoms with Gasteiger partial charge in [0.1, 0.15) is 11.6 Å². The number of nitrogens with one attached hydrogen (secondary N) is 1. The number of hydrogen-bond donors (Lipinski definition) is 1. The predicted molar refractivity (Wildman–Crippen MR) is 81.5 cm³/mol. The number of hydrogen-bond acceptors (Lipinski definition) is 2. The largest absolute Gasteiger partial charge is 0.482 e. The first-order chi connectivity index (χ1) is 9.95. The Balaban J connectivity index is 1.95. The van der Waals surface area contributed by atoms with E-state index in [0.29, 0.717) is 22.0 Å². The van der Waals surface area contributed by atoms with E-state index in [1.807, 2.05) is 13.0 Å². The van der Waals surface area contributed by atoms with Gasteiger partial charge in [-0.2, -0.15) is 0 Å². The lowest BCUT2D eigenvalue weighted by molar-refractivity contribution is -0.118. The third-order valence-corrected chi connectivity index (χ3v) is 3.21. The Kier molecular flexibility index (Phi) is 4.81. The summed E-state index contributed by atoms with van der Waals surface area (Å²) in [5, 5.41) is 3.01. The van der Waals surface area contributed by atoms with Crippen LogP contribution in [-0.2, 0) is 4.79 Å². The minimum Gasteiger partial charge on any atom is -0.482 e.